The maximum atomic E-state index is 10.7. The van der Waals surface area contributed by atoms with Gasteiger partial charge in [0.2, 0.25) is 0 Å². The number of nitrogens with zero attached hydrogens (tertiary/aromatic N) is 1. The monoisotopic (exact) mass is 219 g/mol. The second-order valence-corrected chi connectivity index (χ2v) is 3.85. The van der Waals surface area contributed by atoms with Gasteiger partial charge >= 0.3 is 0 Å². The lowest BCUT2D eigenvalue weighted by Gasteiger charge is -2.00. The lowest BCUT2D eigenvalue weighted by Crippen LogP contribution is -1.88. The molecule has 0 fully saturated rings. The number of furan rings is 1. The van der Waals surface area contributed by atoms with Crippen molar-refractivity contribution in [1.29, 1.82) is 0 Å². The lowest BCUT2D eigenvalue weighted by molar-refractivity contribution is 0.112. The van der Waals surface area contributed by atoms with E-state index >= 15 is 0 Å². The van der Waals surface area contributed by atoms with E-state index in [1.807, 2.05) is 12.1 Å². The van der Waals surface area contributed by atoms with Crippen LogP contribution in [0.4, 0.5) is 0 Å². The van der Waals surface area contributed by atoms with Crippen molar-refractivity contribution in [1.82, 2.24) is 4.98 Å². The summed E-state index contributed by atoms with van der Waals surface area (Å²) in [5.74, 6) is 1.56. The zero-order chi connectivity index (χ0) is 10.5. The Morgan fingerprint density at radius 2 is 2.33 bits per heavy atom. The van der Waals surface area contributed by atoms with Crippen LogP contribution in [-0.4, -0.2) is 11.3 Å². The molecule has 0 aliphatic heterocycles. The second-order valence-electron chi connectivity index (χ2n) is 2.88. The average Bonchev–Trinajstić information content (AvgIpc) is 2.79. The van der Waals surface area contributed by atoms with E-state index in [-0.39, 0.29) is 0 Å². The molecule has 3 nitrogen and oxygen atoms in total. The number of pyridine rings is 1. The molecular formula is C11H9NO2S. The van der Waals surface area contributed by atoms with Crippen LogP contribution in [0.15, 0.2) is 46.2 Å². The van der Waals surface area contributed by atoms with Gasteiger partial charge in [0.25, 0.3) is 0 Å². The molecule has 0 aromatic carbocycles. The molecular weight excluding hydrogens is 210 g/mol. The minimum absolute atomic E-state index is 0.619. The maximum Gasteiger partial charge on any atom is 0.152 e. The molecule has 0 unspecified atom stereocenters. The maximum absolute atomic E-state index is 10.7. The molecule has 0 N–H and O–H groups in total. The van der Waals surface area contributed by atoms with Gasteiger partial charge in [0.1, 0.15) is 10.8 Å². The fraction of sp³-hybridized carbons (Fsp3) is 0.0909. The van der Waals surface area contributed by atoms with E-state index in [4.69, 9.17) is 4.42 Å². The van der Waals surface area contributed by atoms with E-state index in [0.717, 1.165) is 17.1 Å². The van der Waals surface area contributed by atoms with Crippen molar-refractivity contribution in [3.05, 3.63) is 48.0 Å². The Labute approximate surface area is 91.5 Å². The van der Waals surface area contributed by atoms with Crippen LogP contribution in [0.25, 0.3) is 0 Å². The summed E-state index contributed by atoms with van der Waals surface area (Å²) in [5, 5.41) is 0.740. The van der Waals surface area contributed by atoms with Crippen LogP contribution in [-0.2, 0) is 5.75 Å². The highest BCUT2D eigenvalue weighted by Crippen LogP contribution is 2.23. The van der Waals surface area contributed by atoms with E-state index in [0.29, 0.717) is 11.3 Å². The van der Waals surface area contributed by atoms with E-state index < -0.39 is 0 Å². The third-order valence-corrected chi connectivity index (χ3v) is 2.90. The van der Waals surface area contributed by atoms with Crippen molar-refractivity contribution in [3.63, 3.8) is 0 Å². The standard InChI is InChI=1S/C11H9NO2S/c13-7-9-3-1-5-12-11(9)15-8-10-4-2-6-14-10/h1-7H,8H2. The SMILES string of the molecule is O=Cc1cccnc1SCc1ccco1. The van der Waals surface area contributed by atoms with Gasteiger partial charge < -0.3 is 4.42 Å². The number of hydrogen-bond acceptors (Lipinski definition) is 4. The van der Waals surface area contributed by atoms with Gasteiger partial charge in [-0.25, -0.2) is 4.98 Å². The summed E-state index contributed by atoms with van der Waals surface area (Å²) < 4.78 is 5.19. The van der Waals surface area contributed by atoms with Crippen LogP contribution in [0.2, 0.25) is 0 Å². The molecule has 0 amide bonds. The molecule has 0 saturated heterocycles. The van der Waals surface area contributed by atoms with E-state index in [1.165, 1.54) is 11.8 Å². The molecule has 0 saturated carbocycles. The molecule has 76 valence electrons. The molecule has 0 bridgehead atoms. The number of thioether (sulfide) groups is 1. The number of aromatic nitrogens is 1. The quantitative estimate of drug-likeness (QED) is 0.585. The van der Waals surface area contributed by atoms with Gasteiger partial charge in [-0.15, -0.1) is 0 Å². The van der Waals surface area contributed by atoms with Crippen LogP contribution in [0, 0.1) is 0 Å². The zero-order valence-electron chi connectivity index (χ0n) is 7.92. The third kappa shape index (κ3) is 2.47. The van der Waals surface area contributed by atoms with Crippen LogP contribution in [0.3, 0.4) is 0 Å². The topological polar surface area (TPSA) is 43.1 Å². The van der Waals surface area contributed by atoms with E-state index in [9.17, 15) is 4.79 Å². The first-order valence-corrected chi connectivity index (χ1v) is 5.44. The Hall–Kier alpha value is -1.55. The molecule has 4 heteroatoms. The first kappa shape index (κ1) is 9.98. The molecule has 0 aliphatic rings. The molecule has 0 aliphatic carbocycles. The minimum atomic E-state index is 0.619. The van der Waals surface area contributed by atoms with E-state index in [1.54, 1.807) is 24.6 Å². The number of carbonyl (C=O) groups excluding carboxylic acids is 1. The molecule has 15 heavy (non-hydrogen) atoms. The summed E-state index contributed by atoms with van der Waals surface area (Å²) in [5.41, 5.74) is 0.619. The number of carbonyl (C=O) groups is 1. The van der Waals surface area contributed by atoms with Crippen molar-refractivity contribution in [2.45, 2.75) is 10.8 Å². The predicted molar refractivity (Wildman–Crippen MR) is 57.9 cm³/mol. The fourth-order valence-corrected chi connectivity index (χ4v) is 2.01. The van der Waals surface area contributed by atoms with Gasteiger partial charge in [0, 0.05) is 11.8 Å². The normalized spacial score (nSPS) is 10.1. The van der Waals surface area contributed by atoms with Crippen molar-refractivity contribution in [3.8, 4) is 0 Å². The van der Waals surface area contributed by atoms with Gasteiger partial charge in [0.15, 0.2) is 6.29 Å². The average molecular weight is 219 g/mol. The lowest BCUT2D eigenvalue weighted by atomic mass is 10.3. The Morgan fingerprint density at radius 3 is 3.07 bits per heavy atom. The fourth-order valence-electron chi connectivity index (χ4n) is 1.15. The Morgan fingerprint density at radius 1 is 1.40 bits per heavy atom. The van der Waals surface area contributed by atoms with Crippen molar-refractivity contribution < 1.29 is 9.21 Å². The number of hydrogen-bond donors (Lipinski definition) is 0. The summed E-state index contributed by atoms with van der Waals surface area (Å²) in [6.07, 6.45) is 4.13. The highest BCUT2D eigenvalue weighted by atomic mass is 32.2. The van der Waals surface area contributed by atoms with Crippen LogP contribution in [0.5, 0.6) is 0 Å². The van der Waals surface area contributed by atoms with Gasteiger partial charge in [-0.3, -0.25) is 4.79 Å². The molecule has 2 aromatic heterocycles. The third-order valence-electron chi connectivity index (χ3n) is 1.86. The predicted octanol–water partition coefficient (Wildman–Crippen LogP) is 2.78. The Balaban J connectivity index is 2.07. The largest absolute Gasteiger partial charge is 0.468 e. The summed E-state index contributed by atoms with van der Waals surface area (Å²) in [7, 11) is 0. The van der Waals surface area contributed by atoms with Crippen molar-refractivity contribution in [2.75, 3.05) is 0 Å². The van der Waals surface area contributed by atoms with Crippen LogP contribution in [0.1, 0.15) is 16.1 Å². The Bertz CT molecular complexity index is 440. The van der Waals surface area contributed by atoms with Gasteiger partial charge in [-0.1, -0.05) is 11.8 Å². The molecule has 0 atom stereocenters. The highest BCUT2D eigenvalue weighted by Gasteiger charge is 2.04. The van der Waals surface area contributed by atoms with Crippen LogP contribution >= 0.6 is 11.8 Å². The van der Waals surface area contributed by atoms with E-state index in [2.05, 4.69) is 4.98 Å². The minimum Gasteiger partial charge on any atom is -0.468 e. The molecule has 2 aromatic rings. The van der Waals surface area contributed by atoms with Crippen molar-refractivity contribution >= 4 is 18.0 Å². The highest BCUT2D eigenvalue weighted by molar-refractivity contribution is 7.98. The van der Waals surface area contributed by atoms with Crippen molar-refractivity contribution in [2.24, 2.45) is 0 Å². The smallest absolute Gasteiger partial charge is 0.152 e. The summed E-state index contributed by atoms with van der Waals surface area (Å²) in [6.45, 7) is 0. The Kier molecular flexibility index (Phi) is 3.19. The van der Waals surface area contributed by atoms with Gasteiger partial charge in [-0.2, -0.15) is 0 Å². The molecule has 2 rings (SSSR count). The second kappa shape index (κ2) is 4.79. The summed E-state index contributed by atoms with van der Waals surface area (Å²) in [4.78, 5) is 14.9. The van der Waals surface area contributed by atoms with Crippen LogP contribution < -0.4 is 0 Å². The number of rotatable bonds is 4. The molecule has 0 radical (unpaired) electrons. The molecule has 2 heterocycles. The van der Waals surface area contributed by atoms with Gasteiger partial charge in [-0.05, 0) is 24.3 Å². The van der Waals surface area contributed by atoms with Gasteiger partial charge in [0.05, 0.1) is 12.0 Å². The summed E-state index contributed by atoms with van der Waals surface area (Å²) in [6, 6.07) is 7.25. The first-order valence-electron chi connectivity index (χ1n) is 4.45. The molecule has 0 spiro atoms. The summed E-state index contributed by atoms with van der Waals surface area (Å²) >= 11 is 1.49. The zero-order valence-corrected chi connectivity index (χ0v) is 8.74. The number of aldehydes is 1. The first-order chi connectivity index (χ1) is 7.40.